The highest BCUT2D eigenvalue weighted by atomic mass is 35.5. The standard InChI is InChI=1S/C18H20Cl2N2O/c1-12(14-3-7-16(19)8-4-14)21-11-18(23)22-13(2)15-5-9-17(20)10-6-15/h3-10,12-13,21H,11H2,1-2H3,(H,22,23)/t12-,13+/m1/s1. The molecule has 0 aliphatic carbocycles. The van der Waals surface area contributed by atoms with Gasteiger partial charge in [0.2, 0.25) is 5.91 Å². The third-order valence-electron chi connectivity index (χ3n) is 3.69. The number of carbonyl (C=O) groups is 1. The Kier molecular flexibility index (Phi) is 6.46. The number of benzene rings is 2. The summed E-state index contributed by atoms with van der Waals surface area (Å²) in [5, 5.41) is 7.56. The fraction of sp³-hybridized carbons (Fsp3) is 0.278. The van der Waals surface area contributed by atoms with E-state index in [2.05, 4.69) is 10.6 Å². The number of amides is 1. The molecule has 2 rings (SSSR count). The molecule has 122 valence electrons. The molecule has 0 radical (unpaired) electrons. The number of carbonyl (C=O) groups excluding carboxylic acids is 1. The van der Waals surface area contributed by atoms with E-state index in [1.165, 1.54) is 0 Å². The van der Waals surface area contributed by atoms with Gasteiger partial charge >= 0.3 is 0 Å². The van der Waals surface area contributed by atoms with E-state index in [1.807, 2.05) is 62.4 Å². The third-order valence-corrected chi connectivity index (χ3v) is 4.19. The lowest BCUT2D eigenvalue weighted by Gasteiger charge is -2.17. The molecule has 0 unspecified atom stereocenters. The normalized spacial score (nSPS) is 13.4. The quantitative estimate of drug-likeness (QED) is 0.803. The van der Waals surface area contributed by atoms with Crippen LogP contribution in [0.4, 0.5) is 0 Å². The van der Waals surface area contributed by atoms with Crippen molar-refractivity contribution in [2.24, 2.45) is 0 Å². The van der Waals surface area contributed by atoms with E-state index in [1.54, 1.807) is 0 Å². The zero-order valence-electron chi connectivity index (χ0n) is 13.1. The molecular formula is C18H20Cl2N2O. The van der Waals surface area contributed by atoms with Crippen LogP contribution in [0.5, 0.6) is 0 Å². The fourth-order valence-electron chi connectivity index (χ4n) is 2.24. The van der Waals surface area contributed by atoms with Gasteiger partial charge in [0.15, 0.2) is 0 Å². The van der Waals surface area contributed by atoms with Crippen LogP contribution in [0.15, 0.2) is 48.5 Å². The zero-order valence-corrected chi connectivity index (χ0v) is 14.7. The Labute approximate surface area is 147 Å². The van der Waals surface area contributed by atoms with Gasteiger partial charge in [0, 0.05) is 16.1 Å². The highest BCUT2D eigenvalue weighted by molar-refractivity contribution is 6.30. The molecule has 0 fully saturated rings. The van der Waals surface area contributed by atoms with Gasteiger partial charge in [-0.1, -0.05) is 47.5 Å². The highest BCUT2D eigenvalue weighted by Gasteiger charge is 2.11. The smallest absolute Gasteiger partial charge is 0.234 e. The molecule has 0 saturated heterocycles. The summed E-state index contributed by atoms with van der Waals surface area (Å²) in [5.41, 5.74) is 2.11. The van der Waals surface area contributed by atoms with Gasteiger partial charge in [-0.2, -0.15) is 0 Å². The van der Waals surface area contributed by atoms with Gasteiger partial charge in [0.1, 0.15) is 0 Å². The van der Waals surface area contributed by atoms with Crippen molar-refractivity contribution >= 4 is 29.1 Å². The lowest BCUT2D eigenvalue weighted by atomic mass is 10.1. The van der Waals surface area contributed by atoms with Crippen molar-refractivity contribution in [3.8, 4) is 0 Å². The SMILES string of the molecule is C[C@H](NC(=O)CN[C@H](C)c1ccc(Cl)cc1)c1ccc(Cl)cc1. The number of rotatable bonds is 6. The first-order valence-electron chi connectivity index (χ1n) is 7.49. The van der Waals surface area contributed by atoms with Crippen LogP contribution < -0.4 is 10.6 Å². The van der Waals surface area contributed by atoms with Crippen LogP contribution in [0.3, 0.4) is 0 Å². The van der Waals surface area contributed by atoms with E-state index >= 15 is 0 Å². The molecule has 23 heavy (non-hydrogen) atoms. The van der Waals surface area contributed by atoms with E-state index < -0.39 is 0 Å². The average Bonchev–Trinajstić information content (AvgIpc) is 2.54. The van der Waals surface area contributed by atoms with E-state index in [9.17, 15) is 4.79 Å². The highest BCUT2D eigenvalue weighted by Crippen LogP contribution is 2.17. The molecule has 2 aromatic rings. The van der Waals surface area contributed by atoms with Gasteiger partial charge in [-0.3, -0.25) is 4.79 Å². The molecule has 0 aliphatic rings. The predicted octanol–water partition coefficient (Wildman–Crippen LogP) is 4.52. The summed E-state index contributed by atoms with van der Waals surface area (Å²) < 4.78 is 0. The van der Waals surface area contributed by atoms with Gasteiger partial charge < -0.3 is 10.6 Å². The Morgan fingerprint density at radius 3 is 1.78 bits per heavy atom. The van der Waals surface area contributed by atoms with Crippen LogP contribution >= 0.6 is 23.2 Å². The molecule has 0 aromatic heterocycles. The predicted molar refractivity (Wildman–Crippen MR) is 95.9 cm³/mol. The van der Waals surface area contributed by atoms with Crippen molar-refractivity contribution in [1.29, 1.82) is 0 Å². The maximum Gasteiger partial charge on any atom is 0.234 e. The number of halogens is 2. The first-order chi connectivity index (χ1) is 11.0. The van der Waals surface area contributed by atoms with E-state index in [0.29, 0.717) is 10.0 Å². The second-order valence-electron chi connectivity index (χ2n) is 5.49. The van der Waals surface area contributed by atoms with Crippen LogP contribution in [0.25, 0.3) is 0 Å². The van der Waals surface area contributed by atoms with Crippen molar-refractivity contribution in [3.05, 3.63) is 69.7 Å². The minimum atomic E-state index is -0.0626. The summed E-state index contributed by atoms with van der Waals surface area (Å²) in [6.07, 6.45) is 0. The molecule has 2 aromatic carbocycles. The zero-order chi connectivity index (χ0) is 16.8. The molecule has 3 nitrogen and oxygen atoms in total. The molecule has 5 heteroatoms. The maximum atomic E-state index is 12.1. The molecule has 0 saturated carbocycles. The summed E-state index contributed by atoms with van der Waals surface area (Å²) in [4.78, 5) is 12.1. The van der Waals surface area contributed by atoms with Gasteiger partial charge in [-0.15, -0.1) is 0 Å². The first kappa shape index (κ1) is 17.8. The summed E-state index contributed by atoms with van der Waals surface area (Å²) in [6, 6.07) is 15.1. The van der Waals surface area contributed by atoms with Crippen LogP contribution in [-0.2, 0) is 4.79 Å². The number of hydrogen-bond donors (Lipinski definition) is 2. The van der Waals surface area contributed by atoms with Crippen LogP contribution in [0, 0.1) is 0 Å². The second kappa shape index (κ2) is 8.34. The maximum absolute atomic E-state index is 12.1. The number of hydrogen-bond acceptors (Lipinski definition) is 2. The largest absolute Gasteiger partial charge is 0.348 e. The van der Waals surface area contributed by atoms with Crippen molar-refractivity contribution in [2.75, 3.05) is 6.54 Å². The topological polar surface area (TPSA) is 41.1 Å². The summed E-state index contributed by atoms with van der Waals surface area (Å²) in [6.45, 7) is 4.21. The molecular weight excluding hydrogens is 331 g/mol. The van der Waals surface area contributed by atoms with Crippen LogP contribution in [0.2, 0.25) is 10.0 Å². The molecule has 0 aliphatic heterocycles. The first-order valence-corrected chi connectivity index (χ1v) is 8.25. The Bertz CT molecular complexity index is 641. The Morgan fingerprint density at radius 2 is 1.30 bits per heavy atom. The minimum Gasteiger partial charge on any atom is -0.348 e. The summed E-state index contributed by atoms with van der Waals surface area (Å²) in [5.74, 6) is -0.0479. The lowest BCUT2D eigenvalue weighted by molar-refractivity contribution is -0.121. The van der Waals surface area contributed by atoms with Crippen LogP contribution in [0.1, 0.15) is 37.1 Å². The van der Waals surface area contributed by atoms with E-state index in [4.69, 9.17) is 23.2 Å². The van der Waals surface area contributed by atoms with Gasteiger partial charge in [0.05, 0.1) is 12.6 Å². The molecule has 0 bridgehead atoms. The molecule has 0 spiro atoms. The van der Waals surface area contributed by atoms with E-state index in [-0.39, 0.29) is 24.5 Å². The Morgan fingerprint density at radius 1 is 0.870 bits per heavy atom. The number of nitrogens with one attached hydrogen (secondary N) is 2. The van der Waals surface area contributed by atoms with Gasteiger partial charge in [-0.05, 0) is 49.2 Å². The van der Waals surface area contributed by atoms with Crippen molar-refractivity contribution < 1.29 is 4.79 Å². The molecule has 2 atom stereocenters. The molecule has 2 N–H and O–H groups in total. The van der Waals surface area contributed by atoms with Crippen LogP contribution in [-0.4, -0.2) is 12.5 Å². The molecule has 1 amide bonds. The van der Waals surface area contributed by atoms with Crippen molar-refractivity contribution in [2.45, 2.75) is 25.9 Å². The molecule has 0 heterocycles. The second-order valence-corrected chi connectivity index (χ2v) is 6.37. The average molecular weight is 351 g/mol. The Hall–Kier alpha value is -1.55. The minimum absolute atomic E-state index is 0.0479. The van der Waals surface area contributed by atoms with E-state index in [0.717, 1.165) is 11.1 Å². The Balaban J connectivity index is 1.82. The summed E-state index contributed by atoms with van der Waals surface area (Å²) >= 11 is 11.7. The van der Waals surface area contributed by atoms with Gasteiger partial charge in [0.25, 0.3) is 0 Å². The van der Waals surface area contributed by atoms with Gasteiger partial charge in [-0.25, -0.2) is 0 Å². The monoisotopic (exact) mass is 350 g/mol. The third kappa shape index (κ3) is 5.54. The lowest BCUT2D eigenvalue weighted by Crippen LogP contribution is -2.36. The fourth-order valence-corrected chi connectivity index (χ4v) is 2.49. The van der Waals surface area contributed by atoms with Crippen molar-refractivity contribution in [1.82, 2.24) is 10.6 Å². The summed E-state index contributed by atoms with van der Waals surface area (Å²) in [7, 11) is 0. The van der Waals surface area contributed by atoms with Crippen molar-refractivity contribution in [3.63, 3.8) is 0 Å².